The summed E-state index contributed by atoms with van der Waals surface area (Å²) in [4.78, 5) is 25.9. The van der Waals surface area contributed by atoms with Gasteiger partial charge < -0.3 is 33.7 Å². The number of ketones is 1. The molecule has 1 fully saturated rings. The van der Waals surface area contributed by atoms with Gasteiger partial charge in [-0.1, -0.05) is 0 Å². The first-order valence-electron chi connectivity index (χ1n) is 11.4. The summed E-state index contributed by atoms with van der Waals surface area (Å²) in [6.07, 6.45) is 1.19. The molecule has 0 unspecified atom stereocenters. The molecule has 0 radical (unpaired) electrons. The van der Waals surface area contributed by atoms with E-state index in [1.54, 1.807) is 42.1 Å². The molecule has 1 aromatic rings. The Balaban J connectivity index is 1.88. The normalized spacial score (nSPS) is 27.7. The number of benzene rings is 1. The quantitative estimate of drug-likeness (QED) is 0.694. The average molecular weight is 476 g/mol. The molecule has 4 atom stereocenters. The summed E-state index contributed by atoms with van der Waals surface area (Å²) in [7, 11) is 6.18. The van der Waals surface area contributed by atoms with Gasteiger partial charge >= 0.3 is 6.09 Å². The number of hydrogen-bond acceptors (Lipinski definition) is 8. The lowest BCUT2D eigenvalue weighted by Gasteiger charge is -2.43. The van der Waals surface area contributed by atoms with Gasteiger partial charge in [0.25, 0.3) is 0 Å². The molecular formula is C25H33NO8. The van der Waals surface area contributed by atoms with Gasteiger partial charge in [-0.25, -0.2) is 4.79 Å². The van der Waals surface area contributed by atoms with Crippen LogP contribution in [0.4, 0.5) is 4.79 Å². The highest BCUT2D eigenvalue weighted by atomic mass is 16.6. The minimum Gasteiger partial charge on any atom is -0.493 e. The highest BCUT2D eigenvalue weighted by Gasteiger charge is 2.59. The van der Waals surface area contributed by atoms with Crippen LogP contribution in [0.1, 0.15) is 44.7 Å². The Morgan fingerprint density at radius 3 is 2.41 bits per heavy atom. The standard InChI is InChI=1S/C25H33NO8/c1-24(2,3)34-23(28)26-18-9-8-13-10-16(29-4)21(31-6)22(32-7)19(13)14-11-17-20(30-5)15(27)12-25(14,18)33-17/h10-11,17-18,20H,8-9,12H2,1-7H3,(H,26,28)/t17-,18-,20+,25+/m0/s1. The number of nitrogens with one attached hydrogen (secondary N) is 1. The Hall–Kier alpha value is -2.78. The first-order valence-corrected chi connectivity index (χ1v) is 11.4. The number of alkyl carbamates (subject to hydrolysis) is 1. The lowest BCUT2D eigenvalue weighted by Crippen LogP contribution is -2.59. The minimum absolute atomic E-state index is 0.0469. The number of ether oxygens (including phenoxy) is 6. The van der Waals surface area contributed by atoms with Crippen LogP contribution in [0.5, 0.6) is 17.2 Å². The van der Waals surface area contributed by atoms with Crippen molar-refractivity contribution in [3.63, 3.8) is 0 Å². The summed E-state index contributed by atoms with van der Waals surface area (Å²) in [5.74, 6) is 1.41. The Kier molecular flexibility index (Phi) is 6.29. The van der Waals surface area contributed by atoms with Gasteiger partial charge in [-0.2, -0.15) is 0 Å². The van der Waals surface area contributed by atoms with Gasteiger partial charge in [-0.3, -0.25) is 4.79 Å². The maximum Gasteiger partial charge on any atom is 0.407 e. The molecule has 34 heavy (non-hydrogen) atoms. The minimum atomic E-state index is -1.09. The second-order valence-corrected chi connectivity index (χ2v) is 9.77. The molecule has 1 amide bonds. The summed E-state index contributed by atoms with van der Waals surface area (Å²) in [5.41, 5.74) is 0.760. The monoisotopic (exact) mass is 475 g/mol. The van der Waals surface area contributed by atoms with Gasteiger partial charge in [-0.15, -0.1) is 0 Å². The summed E-state index contributed by atoms with van der Waals surface area (Å²) in [6, 6.07) is 1.40. The van der Waals surface area contributed by atoms with Gasteiger partial charge in [0.1, 0.15) is 23.4 Å². The predicted octanol–water partition coefficient (Wildman–Crippen LogP) is 3.06. The first-order chi connectivity index (χ1) is 16.1. The van der Waals surface area contributed by atoms with Crippen LogP contribution in [0.15, 0.2) is 12.1 Å². The zero-order chi connectivity index (χ0) is 24.8. The summed E-state index contributed by atoms with van der Waals surface area (Å²) < 4.78 is 34.5. The summed E-state index contributed by atoms with van der Waals surface area (Å²) in [6.45, 7) is 5.41. The Bertz CT molecular complexity index is 1030. The van der Waals surface area contributed by atoms with Crippen molar-refractivity contribution < 1.29 is 38.0 Å². The van der Waals surface area contributed by atoms with Crippen LogP contribution in [0.3, 0.4) is 0 Å². The van der Waals surface area contributed by atoms with Crippen LogP contribution >= 0.6 is 0 Å². The molecule has 1 aliphatic carbocycles. The van der Waals surface area contributed by atoms with Gasteiger partial charge in [0.2, 0.25) is 5.75 Å². The van der Waals surface area contributed by atoms with Crippen molar-refractivity contribution in [3.05, 3.63) is 23.3 Å². The van der Waals surface area contributed by atoms with E-state index in [0.717, 1.165) is 16.7 Å². The molecule has 3 aliphatic rings. The van der Waals surface area contributed by atoms with Crippen molar-refractivity contribution >= 4 is 17.4 Å². The van der Waals surface area contributed by atoms with Crippen LogP contribution in [0.25, 0.3) is 5.57 Å². The molecule has 186 valence electrons. The number of carbonyl (C=O) groups excluding carboxylic acids is 2. The van der Waals surface area contributed by atoms with E-state index in [9.17, 15) is 9.59 Å². The van der Waals surface area contributed by atoms with Crippen molar-refractivity contribution in [1.82, 2.24) is 5.32 Å². The van der Waals surface area contributed by atoms with E-state index in [4.69, 9.17) is 28.4 Å². The molecule has 0 saturated carbocycles. The third kappa shape index (κ3) is 3.90. The maximum atomic E-state index is 13.1. The van der Waals surface area contributed by atoms with Crippen LogP contribution in [0, 0.1) is 0 Å². The largest absolute Gasteiger partial charge is 0.493 e. The number of aryl methyl sites for hydroxylation is 1. The Labute approximate surface area is 199 Å². The first kappa shape index (κ1) is 24.3. The molecule has 1 N–H and O–H groups in total. The van der Waals surface area contributed by atoms with Crippen molar-refractivity contribution in [1.29, 1.82) is 0 Å². The molecule has 1 aromatic carbocycles. The summed E-state index contributed by atoms with van der Waals surface area (Å²) >= 11 is 0. The molecule has 1 saturated heterocycles. The SMILES string of the molecule is COc1cc2c(c(OC)c1OC)C1=C[C@@H]3O[C@@]1(CC(=O)[C@H]3OC)[C@@H](NC(=O)OC(C)(C)C)CC2. The van der Waals surface area contributed by atoms with Crippen molar-refractivity contribution in [2.75, 3.05) is 28.4 Å². The predicted molar refractivity (Wildman–Crippen MR) is 124 cm³/mol. The Morgan fingerprint density at radius 2 is 1.82 bits per heavy atom. The van der Waals surface area contributed by atoms with Crippen LogP contribution in [0.2, 0.25) is 0 Å². The zero-order valence-corrected chi connectivity index (χ0v) is 20.8. The fourth-order valence-electron chi connectivity index (χ4n) is 5.30. The van der Waals surface area contributed by atoms with Gasteiger partial charge in [0.05, 0.1) is 27.4 Å². The van der Waals surface area contributed by atoms with E-state index in [-0.39, 0.29) is 12.2 Å². The van der Waals surface area contributed by atoms with E-state index in [1.807, 2.05) is 12.1 Å². The number of carbonyl (C=O) groups is 2. The van der Waals surface area contributed by atoms with Gasteiger partial charge in [0.15, 0.2) is 17.3 Å². The molecule has 2 bridgehead atoms. The molecule has 9 nitrogen and oxygen atoms in total. The Morgan fingerprint density at radius 1 is 1.12 bits per heavy atom. The fraction of sp³-hybridized carbons (Fsp3) is 0.600. The molecule has 0 aromatic heterocycles. The topological polar surface area (TPSA) is 102 Å². The highest BCUT2D eigenvalue weighted by Crippen LogP contribution is 2.56. The van der Waals surface area contributed by atoms with E-state index in [2.05, 4.69) is 5.32 Å². The van der Waals surface area contributed by atoms with Crippen LogP contribution in [-0.2, 0) is 25.4 Å². The number of Topliss-reactive ketones (excluding diaryl/α,β-unsaturated/α-hetero) is 1. The smallest absolute Gasteiger partial charge is 0.407 e. The van der Waals surface area contributed by atoms with E-state index in [1.165, 1.54) is 7.11 Å². The average Bonchev–Trinajstić information content (AvgIpc) is 3.02. The fourth-order valence-corrected chi connectivity index (χ4v) is 5.30. The number of fused-ring (bicyclic) bond motifs is 3. The molecule has 2 heterocycles. The molecule has 2 aliphatic heterocycles. The third-order valence-corrected chi connectivity index (χ3v) is 6.58. The lowest BCUT2D eigenvalue weighted by atomic mass is 9.79. The van der Waals surface area contributed by atoms with E-state index >= 15 is 0 Å². The van der Waals surface area contributed by atoms with Crippen molar-refractivity contribution in [3.8, 4) is 17.2 Å². The molecular weight excluding hydrogens is 442 g/mol. The molecule has 1 spiro atoms. The second kappa shape index (κ2) is 8.78. The summed E-state index contributed by atoms with van der Waals surface area (Å²) in [5, 5.41) is 2.99. The zero-order valence-electron chi connectivity index (χ0n) is 20.8. The number of amides is 1. The van der Waals surface area contributed by atoms with E-state index < -0.39 is 35.5 Å². The van der Waals surface area contributed by atoms with Gasteiger partial charge in [0, 0.05) is 19.1 Å². The van der Waals surface area contributed by atoms with Crippen molar-refractivity contribution in [2.45, 2.75) is 69.5 Å². The highest BCUT2D eigenvalue weighted by molar-refractivity contribution is 5.95. The second-order valence-electron chi connectivity index (χ2n) is 9.77. The number of methoxy groups -OCH3 is 4. The van der Waals surface area contributed by atoms with Crippen molar-refractivity contribution in [2.24, 2.45) is 0 Å². The van der Waals surface area contributed by atoms with Crippen LogP contribution in [-0.4, -0.2) is 69.8 Å². The lowest BCUT2D eigenvalue weighted by molar-refractivity contribution is -0.165. The van der Waals surface area contributed by atoms with Crippen LogP contribution < -0.4 is 19.5 Å². The maximum absolute atomic E-state index is 13.1. The number of rotatable bonds is 5. The number of hydrogen-bond donors (Lipinski definition) is 1. The third-order valence-electron chi connectivity index (χ3n) is 6.58. The molecule has 9 heteroatoms. The molecule has 4 rings (SSSR count). The van der Waals surface area contributed by atoms with Gasteiger partial charge in [-0.05, 0) is 56.9 Å². The van der Waals surface area contributed by atoms with E-state index in [0.29, 0.717) is 30.1 Å².